The molecule has 0 aliphatic carbocycles. The Morgan fingerprint density at radius 3 is 2.46 bits per heavy atom. The summed E-state index contributed by atoms with van der Waals surface area (Å²) in [7, 11) is 1.23. The molecule has 6 nitrogen and oxygen atoms in total. The minimum Gasteiger partial charge on any atom is -0.476 e. The van der Waals surface area contributed by atoms with E-state index >= 15 is 0 Å². The van der Waals surface area contributed by atoms with Crippen LogP contribution in [0.25, 0.3) is 0 Å². The van der Waals surface area contributed by atoms with Crippen LogP contribution in [-0.4, -0.2) is 29.6 Å². The molecule has 0 heterocycles. The average molecular weight is 394 g/mol. The van der Waals surface area contributed by atoms with Crippen molar-refractivity contribution in [3.05, 3.63) is 70.8 Å². The topological polar surface area (TPSA) is 80.5 Å². The smallest absolute Gasteiger partial charge is 0.416 e. The number of alkyl halides is 3. The summed E-state index contributed by atoms with van der Waals surface area (Å²) >= 11 is 0. The van der Waals surface area contributed by atoms with Crippen LogP contribution >= 0.6 is 0 Å². The maximum absolute atomic E-state index is 12.8. The fourth-order valence-electron chi connectivity index (χ4n) is 2.34. The highest BCUT2D eigenvalue weighted by atomic mass is 19.4. The van der Waals surface area contributed by atoms with Gasteiger partial charge in [-0.1, -0.05) is 46.7 Å². The van der Waals surface area contributed by atoms with Gasteiger partial charge in [0.2, 0.25) is 0 Å². The molecule has 0 radical (unpaired) electrons. The van der Waals surface area contributed by atoms with Crippen molar-refractivity contribution in [1.29, 1.82) is 0 Å². The number of hydrogen-bond acceptors (Lipinski definition) is 5. The molecule has 0 saturated carbocycles. The molecule has 0 fully saturated rings. The van der Waals surface area contributed by atoms with E-state index in [1.54, 1.807) is 18.2 Å². The van der Waals surface area contributed by atoms with Gasteiger partial charge in [0.1, 0.15) is 13.7 Å². The molecule has 0 unspecified atom stereocenters. The van der Waals surface area contributed by atoms with Crippen LogP contribution in [0.3, 0.4) is 0 Å². The molecule has 2 aromatic rings. The summed E-state index contributed by atoms with van der Waals surface area (Å²) in [6, 6.07) is 11.2. The lowest BCUT2D eigenvalue weighted by atomic mass is 10.0. The molecule has 148 valence electrons. The second-order valence-electron chi connectivity index (χ2n) is 5.61. The molecule has 1 N–H and O–H groups in total. The van der Waals surface area contributed by atoms with Gasteiger partial charge >= 0.3 is 12.1 Å². The predicted octanol–water partition coefficient (Wildman–Crippen LogP) is 4.08. The van der Waals surface area contributed by atoms with E-state index < -0.39 is 17.7 Å². The molecule has 2 rings (SSSR count). The Morgan fingerprint density at radius 2 is 1.82 bits per heavy atom. The Balaban J connectivity index is 2.19. The number of oxime groups is 2. The van der Waals surface area contributed by atoms with Crippen molar-refractivity contribution in [3.8, 4) is 0 Å². The van der Waals surface area contributed by atoms with Crippen molar-refractivity contribution in [3.63, 3.8) is 0 Å². The van der Waals surface area contributed by atoms with E-state index in [1.807, 2.05) is 0 Å². The van der Waals surface area contributed by atoms with Crippen LogP contribution < -0.4 is 0 Å². The molecule has 28 heavy (non-hydrogen) atoms. The molecule has 0 bridgehead atoms. The van der Waals surface area contributed by atoms with Crippen molar-refractivity contribution in [2.24, 2.45) is 10.3 Å². The summed E-state index contributed by atoms with van der Waals surface area (Å²) in [6.07, 6.45) is -4.45. The lowest BCUT2D eigenvalue weighted by Crippen LogP contribution is -2.17. The zero-order valence-electron chi connectivity index (χ0n) is 15.0. The summed E-state index contributed by atoms with van der Waals surface area (Å²) in [6.45, 7) is 1.40. The summed E-state index contributed by atoms with van der Waals surface area (Å²) in [4.78, 5) is 21.1. The predicted molar refractivity (Wildman–Crippen MR) is 96.1 cm³/mol. The fraction of sp³-hybridized carbons (Fsp3) is 0.211. The highest BCUT2D eigenvalue weighted by Crippen LogP contribution is 2.29. The van der Waals surface area contributed by atoms with Crippen molar-refractivity contribution in [1.82, 2.24) is 0 Å². The van der Waals surface area contributed by atoms with Gasteiger partial charge in [0.25, 0.3) is 0 Å². The first kappa shape index (κ1) is 20.9. The zero-order valence-corrected chi connectivity index (χ0v) is 15.0. The molecule has 0 spiro atoms. The first-order chi connectivity index (χ1) is 13.2. The molecular formula is C19H17F3N2O4. The Morgan fingerprint density at radius 1 is 1.11 bits per heavy atom. The van der Waals surface area contributed by atoms with Crippen LogP contribution in [0, 0.1) is 0 Å². The number of aliphatic carboxylic acids is 1. The first-order valence-electron chi connectivity index (χ1n) is 8.01. The van der Waals surface area contributed by atoms with Crippen LogP contribution in [0.5, 0.6) is 0 Å². The molecule has 0 saturated heterocycles. The third kappa shape index (κ3) is 5.32. The summed E-state index contributed by atoms with van der Waals surface area (Å²) in [5, 5.41) is 16.6. The lowest BCUT2D eigenvalue weighted by molar-refractivity contribution is -0.137. The van der Waals surface area contributed by atoms with E-state index in [1.165, 1.54) is 32.2 Å². The van der Waals surface area contributed by atoms with Gasteiger partial charge in [0.15, 0.2) is 5.71 Å². The summed E-state index contributed by atoms with van der Waals surface area (Å²) in [5.74, 6) is -1.28. The molecule has 0 atom stereocenters. The molecule has 0 amide bonds. The second kappa shape index (κ2) is 9.03. The summed E-state index contributed by atoms with van der Waals surface area (Å²) in [5.41, 5.74) is 0.167. The number of halogens is 3. The van der Waals surface area contributed by atoms with Gasteiger partial charge in [-0.25, -0.2) is 4.79 Å². The zero-order chi connectivity index (χ0) is 20.7. The molecular weight excluding hydrogens is 377 g/mol. The highest BCUT2D eigenvalue weighted by molar-refractivity contribution is 6.42. The van der Waals surface area contributed by atoms with Gasteiger partial charge in [-0.05, 0) is 24.6 Å². The Labute approximate surface area is 158 Å². The Kier molecular flexibility index (Phi) is 6.75. The Bertz CT molecular complexity index is 908. The van der Waals surface area contributed by atoms with Crippen LogP contribution in [0.4, 0.5) is 13.2 Å². The molecule has 0 aromatic heterocycles. The Hall–Kier alpha value is -3.36. The van der Waals surface area contributed by atoms with E-state index in [2.05, 4.69) is 15.1 Å². The van der Waals surface area contributed by atoms with Crippen LogP contribution in [0.2, 0.25) is 0 Å². The highest BCUT2D eigenvalue weighted by Gasteiger charge is 2.30. The molecule has 9 heteroatoms. The normalized spacial score (nSPS) is 12.6. The van der Waals surface area contributed by atoms with E-state index in [0.29, 0.717) is 5.56 Å². The number of benzene rings is 2. The number of rotatable bonds is 7. The quantitative estimate of drug-likeness (QED) is 0.567. The fourth-order valence-corrected chi connectivity index (χ4v) is 2.34. The number of carboxylic acid groups (broad SMARTS) is 1. The number of nitrogens with zero attached hydrogens (tertiary/aromatic N) is 2. The minimum atomic E-state index is -4.45. The van der Waals surface area contributed by atoms with Crippen LogP contribution in [-0.2, 0) is 27.3 Å². The van der Waals surface area contributed by atoms with Crippen molar-refractivity contribution >= 4 is 17.4 Å². The first-order valence-corrected chi connectivity index (χ1v) is 8.01. The van der Waals surface area contributed by atoms with Crippen molar-refractivity contribution < 1.29 is 32.7 Å². The minimum absolute atomic E-state index is 0.109. The number of hydrogen-bond donors (Lipinski definition) is 1. The van der Waals surface area contributed by atoms with Gasteiger partial charge in [-0.3, -0.25) is 0 Å². The average Bonchev–Trinajstić information content (AvgIpc) is 2.66. The van der Waals surface area contributed by atoms with Crippen LogP contribution in [0.1, 0.15) is 29.2 Å². The lowest BCUT2D eigenvalue weighted by Gasteiger charge is -2.10. The number of carboxylic acids is 1. The standard InChI is InChI=1S/C19H17F3N2O4/c1-12(13-7-5-8-15(10-13)19(20,21)22)23-28-11-14-6-3-4-9-16(14)17(18(25)26)24-27-2/h3-10H,11H2,1-2H3,(H,25,26)/b23-12+,24-17?. The molecule has 0 aliphatic rings. The molecule has 2 aromatic carbocycles. The summed E-state index contributed by atoms with van der Waals surface area (Å²) < 4.78 is 38.4. The monoisotopic (exact) mass is 394 g/mol. The van der Waals surface area contributed by atoms with Gasteiger partial charge in [0.05, 0.1) is 11.3 Å². The van der Waals surface area contributed by atoms with E-state index in [4.69, 9.17) is 4.84 Å². The third-order valence-electron chi connectivity index (χ3n) is 3.69. The number of carbonyl (C=O) groups is 1. The van der Waals surface area contributed by atoms with Crippen LogP contribution in [0.15, 0.2) is 58.8 Å². The molecule has 0 aliphatic heterocycles. The third-order valence-corrected chi connectivity index (χ3v) is 3.69. The SMILES string of the molecule is CON=C(C(=O)O)c1ccccc1CO/N=C(\C)c1cccc(C(F)(F)F)c1. The van der Waals surface area contributed by atoms with E-state index in [-0.39, 0.29) is 29.2 Å². The maximum Gasteiger partial charge on any atom is 0.416 e. The van der Waals surface area contributed by atoms with Gasteiger partial charge in [-0.15, -0.1) is 0 Å². The van der Waals surface area contributed by atoms with Crippen molar-refractivity contribution in [2.45, 2.75) is 19.7 Å². The van der Waals surface area contributed by atoms with E-state index in [9.17, 15) is 23.1 Å². The van der Waals surface area contributed by atoms with Crippen molar-refractivity contribution in [2.75, 3.05) is 7.11 Å². The van der Waals surface area contributed by atoms with E-state index in [0.717, 1.165) is 12.1 Å². The largest absolute Gasteiger partial charge is 0.476 e. The van der Waals surface area contributed by atoms with Gasteiger partial charge in [-0.2, -0.15) is 13.2 Å². The van der Waals surface area contributed by atoms with Gasteiger partial charge < -0.3 is 14.8 Å². The van der Waals surface area contributed by atoms with Gasteiger partial charge in [0, 0.05) is 11.1 Å². The maximum atomic E-state index is 12.8. The second-order valence-corrected chi connectivity index (χ2v) is 5.61.